The van der Waals surface area contributed by atoms with Crippen LogP contribution >= 0.6 is 0 Å². The lowest BCUT2D eigenvalue weighted by Crippen LogP contribution is -2.52. The highest BCUT2D eigenvalue weighted by molar-refractivity contribution is 6.02. The molecular weight excluding hydrogens is 190 g/mol. The lowest BCUT2D eigenvalue weighted by Gasteiger charge is -2.32. The summed E-state index contributed by atoms with van der Waals surface area (Å²) in [6, 6.07) is -0.859. The third-order valence-corrected chi connectivity index (χ3v) is 2.43. The lowest BCUT2D eigenvalue weighted by atomic mass is 9.90. The van der Waals surface area contributed by atoms with Gasteiger partial charge in [-0.3, -0.25) is 14.5 Å². The van der Waals surface area contributed by atoms with Crippen molar-refractivity contribution in [3.63, 3.8) is 0 Å². The molecule has 1 heterocycles. The maximum atomic E-state index is 11.4. The van der Waals surface area contributed by atoms with Crippen molar-refractivity contribution in [2.45, 2.75) is 19.4 Å². The van der Waals surface area contributed by atoms with E-state index in [0.29, 0.717) is 0 Å². The van der Waals surface area contributed by atoms with E-state index in [9.17, 15) is 14.4 Å². The van der Waals surface area contributed by atoms with Crippen molar-refractivity contribution in [2.75, 3.05) is 6.54 Å². The van der Waals surface area contributed by atoms with Gasteiger partial charge in [0.15, 0.2) is 5.78 Å². The van der Waals surface area contributed by atoms with Gasteiger partial charge in [-0.2, -0.15) is 0 Å². The molecule has 1 aliphatic rings. The average molecular weight is 201 g/mol. The first-order valence-electron chi connectivity index (χ1n) is 4.21. The molecule has 0 aromatic carbocycles. The summed E-state index contributed by atoms with van der Waals surface area (Å²) in [4.78, 5) is 33.6. The molecule has 2 unspecified atom stereocenters. The Labute approximate surface area is 80.1 Å². The zero-order valence-electron chi connectivity index (χ0n) is 7.64. The van der Waals surface area contributed by atoms with Crippen molar-refractivity contribution < 1.29 is 24.6 Å². The minimum atomic E-state index is -1.19. The maximum Gasteiger partial charge on any atom is 0.407 e. The van der Waals surface area contributed by atoms with Gasteiger partial charge in [0.2, 0.25) is 0 Å². The molecule has 0 saturated carbocycles. The zero-order valence-corrected chi connectivity index (χ0v) is 7.64. The molecule has 1 amide bonds. The highest BCUT2D eigenvalue weighted by Crippen LogP contribution is 2.19. The number of hydrogen-bond donors (Lipinski definition) is 2. The predicted octanol–water partition coefficient (Wildman–Crippen LogP) is 0.0285. The number of piperidine rings is 1. The van der Waals surface area contributed by atoms with Gasteiger partial charge in [0, 0.05) is 6.54 Å². The van der Waals surface area contributed by atoms with E-state index in [4.69, 9.17) is 10.2 Å². The van der Waals surface area contributed by atoms with Crippen LogP contribution in [0.3, 0.4) is 0 Å². The molecule has 6 heteroatoms. The van der Waals surface area contributed by atoms with Gasteiger partial charge in [-0.15, -0.1) is 0 Å². The summed E-state index contributed by atoms with van der Waals surface area (Å²) in [5.41, 5.74) is 0. The van der Waals surface area contributed by atoms with Crippen LogP contribution < -0.4 is 0 Å². The molecule has 0 aromatic heterocycles. The molecule has 0 aromatic rings. The molecule has 2 N–H and O–H groups in total. The van der Waals surface area contributed by atoms with Crippen LogP contribution in [0, 0.1) is 5.92 Å². The summed E-state index contributed by atoms with van der Waals surface area (Å²) in [6.07, 6.45) is -1.13. The minimum absolute atomic E-state index is 0.0603. The molecule has 6 nitrogen and oxygen atoms in total. The predicted molar refractivity (Wildman–Crippen MR) is 44.9 cm³/mol. The fraction of sp³-hybridized carbons (Fsp3) is 0.625. The van der Waals surface area contributed by atoms with Crippen LogP contribution in [0.25, 0.3) is 0 Å². The third-order valence-electron chi connectivity index (χ3n) is 2.43. The third kappa shape index (κ3) is 1.68. The van der Waals surface area contributed by atoms with Crippen molar-refractivity contribution in [1.82, 2.24) is 4.90 Å². The normalized spacial score (nSPS) is 27.5. The lowest BCUT2D eigenvalue weighted by molar-refractivity contribution is -0.150. The number of carboxylic acids is 1. The van der Waals surface area contributed by atoms with Crippen LogP contribution in [0.15, 0.2) is 0 Å². The summed E-state index contributed by atoms with van der Waals surface area (Å²) in [7, 11) is 0. The number of ketones is 1. The molecule has 2 atom stereocenters. The highest BCUT2D eigenvalue weighted by Gasteiger charge is 2.39. The van der Waals surface area contributed by atoms with Gasteiger partial charge in [0.05, 0.1) is 6.04 Å². The topological polar surface area (TPSA) is 94.9 Å². The van der Waals surface area contributed by atoms with Gasteiger partial charge in [-0.05, 0) is 13.3 Å². The van der Waals surface area contributed by atoms with E-state index < -0.39 is 29.8 Å². The van der Waals surface area contributed by atoms with Crippen molar-refractivity contribution in [3.8, 4) is 0 Å². The fourth-order valence-electron chi connectivity index (χ4n) is 1.56. The van der Waals surface area contributed by atoms with Crippen LogP contribution in [0.1, 0.15) is 13.3 Å². The van der Waals surface area contributed by atoms with Gasteiger partial charge in [0.1, 0.15) is 5.92 Å². The van der Waals surface area contributed by atoms with Crippen LogP contribution in [-0.4, -0.2) is 45.5 Å². The smallest absolute Gasteiger partial charge is 0.407 e. The number of hydrogen-bond acceptors (Lipinski definition) is 3. The Hall–Kier alpha value is -1.59. The van der Waals surface area contributed by atoms with E-state index in [2.05, 4.69) is 0 Å². The molecule has 1 rings (SSSR count). The second kappa shape index (κ2) is 3.65. The number of likely N-dealkylation sites (tertiary alicyclic amines) is 1. The van der Waals surface area contributed by atoms with Crippen molar-refractivity contribution in [1.29, 1.82) is 0 Å². The van der Waals surface area contributed by atoms with Crippen LogP contribution in [0.4, 0.5) is 4.79 Å². The Balaban J connectivity index is 2.79. The van der Waals surface area contributed by atoms with E-state index >= 15 is 0 Å². The molecule has 1 fully saturated rings. The van der Waals surface area contributed by atoms with Gasteiger partial charge in [-0.1, -0.05) is 0 Å². The minimum Gasteiger partial charge on any atom is -0.481 e. The molecule has 0 bridgehead atoms. The number of rotatable bonds is 1. The van der Waals surface area contributed by atoms with Gasteiger partial charge in [0.25, 0.3) is 0 Å². The number of carbonyl (C=O) groups excluding carboxylic acids is 1. The first-order valence-corrected chi connectivity index (χ1v) is 4.21. The van der Waals surface area contributed by atoms with E-state index in [0.717, 1.165) is 4.90 Å². The van der Waals surface area contributed by atoms with Gasteiger partial charge in [-0.25, -0.2) is 4.79 Å². The monoisotopic (exact) mass is 201 g/mol. The Bertz CT molecular complexity index is 287. The summed E-state index contributed by atoms with van der Waals surface area (Å²) in [5, 5.41) is 17.3. The fourth-order valence-corrected chi connectivity index (χ4v) is 1.56. The second-order valence-corrected chi connectivity index (χ2v) is 3.23. The number of aliphatic carboxylic acids is 1. The SMILES string of the molecule is CC1C(=O)C(C(=O)O)CCN1C(=O)O. The molecule has 78 valence electrons. The maximum absolute atomic E-state index is 11.4. The standard InChI is InChI=1S/C8H11NO5/c1-4-6(10)5(7(11)12)2-3-9(4)8(13)14/h4-5H,2-3H2,1H3,(H,11,12)(H,13,14). The van der Waals surface area contributed by atoms with Crippen LogP contribution in [-0.2, 0) is 9.59 Å². The molecule has 1 aliphatic heterocycles. The Morgan fingerprint density at radius 3 is 2.43 bits per heavy atom. The van der Waals surface area contributed by atoms with Gasteiger partial charge < -0.3 is 10.2 Å². The quantitative estimate of drug-likeness (QED) is 0.583. The zero-order chi connectivity index (χ0) is 10.9. The first-order chi connectivity index (χ1) is 6.45. The molecule has 0 spiro atoms. The summed E-state index contributed by atoms with van der Waals surface area (Å²) >= 11 is 0. The van der Waals surface area contributed by atoms with Crippen LogP contribution in [0.5, 0.6) is 0 Å². The molecule has 0 radical (unpaired) electrons. The largest absolute Gasteiger partial charge is 0.481 e. The Morgan fingerprint density at radius 1 is 1.43 bits per heavy atom. The average Bonchev–Trinajstić information content (AvgIpc) is 2.08. The number of carbonyl (C=O) groups is 3. The van der Waals surface area contributed by atoms with Crippen molar-refractivity contribution in [2.24, 2.45) is 5.92 Å². The molecule has 14 heavy (non-hydrogen) atoms. The van der Waals surface area contributed by atoms with Crippen molar-refractivity contribution in [3.05, 3.63) is 0 Å². The van der Waals surface area contributed by atoms with E-state index in [1.165, 1.54) is 6.92 Å². The first kappa shape index (κ1) is 10.5. The summed E-state index contributed by atoms with van der Waals surface area (Å²) < 4.78 is 0. The molecule has 1 saturated heterocycles. The number of carboxylic acid groups (broad SMARTS) is 2. The van der Waals surface area contributed by atoms with Gasteiger partial charge >= 0.3 is 12.1 Å². The summed E-state index contributed by atoms with van der Waals surface area (Å²) in [6.45, 7) is 1.50. The Morgan fingerprint density at radius 2 is 2.00 bits per heavy atom. The van der Waals surface area contributed by atoms with E-state index in [-0.39, 0.29) is 13.0 Å². The molecule has 0 aliphatic carbocycles. The van der Waals surface area contributed by atoms with Crippen molar-refractivity contribution >= 4 is 17.8 Å². The van der Waals surface area contributed by atoms with E-state index in [1.807, 2.05) is 0 Å². The number of amides is 1. The van der Waals surface area contributed by atoms with E-state index in [1.54, 1.807) is 0 Å². The number of nitrogens with zero attached hydrogens (tertiary/aromatic N) is 1. The second-order valence-electron chi connectivity index (χ2n) is 3.23. The Kier molecular flexibility index (Phi) is 2.73. The van der Waals surface area contributed by atoms with Crippen LogP contribution in [0.2, 0.25) is 0 Å². The highest BCUT2D eigenvalue weighted by atomic mass is 16.4. The molecular formula is C8H11NO5. The number of Topliss-reactive ketones (excluding diaryl/α,β-unsaturated/α-hetero) is 1. The summed E-state index contributed by atoms with van der Waals surface area (Å²) in [5.74, 6) is -2.77.